The van der Waals surface area contributed by atoms with Crippen LogP contribution in [-0.2, 0) is 4.79 Å². The first-order valence-corrected chi connectivity index (χ1v) is 7.18. The van der Waals surface area contributed by atoms with E-state index in [0.717, 1.165) is 19.4 Å². The van der Waals surface area contributed by atoms with E-state index in [1.165, 1.54) is 6.26 Å². The molecule has 0 radical (unpaired) electrons. The van der Waals surface area contributed by atoms with Gasteiger partial charge < -0.3 is 15.1 Å². The summed E-state index contributed by atoms with van der Waals surface area (Å²) in [6.45, 7) is 5.54. The smallest absolute Gasteiger partial charge is 0.286 e. The lowest BCUT2D eigenvalue weighted by atomic mass is 10.1. The topological polar surface area (TPSA) is 71.3 Å². The summed E-state index contributed by atoms with van der Waals surface area (Å²) in [5, 5.41) is 5.59. The van der Waals surface area contributed by atoms with Crippen molar-refractivity contribution in [2.45, 2.75) is 39.5 Å². The average molecular weight is 280 g/mol. The standard InChI is InChI=1S/C15H24N2O3/c1-12(2)6-3-9-16-14(18)8-4-10-17-15(19)13-7-5-11-20-13/h5,7,11-12H,3-4,6,8-10H2,1-2H3,(H,16,18)(H,17,19). The largest absolute Gasteiger partial charge is 0.459 e. The number of nitrogens with one attached hydrogen (secondary N) is 2. The fourth-order valence-corrected chi connectivity index (χ4v) is 1.77. The second kappa shape index (κ2) is 9.18. The summed E-state index contributed by atoms with van der Waals surface area (Å²) in [5.74, 6) is 0.764. The highest BCUT2D eigenvalue weighted by Crippen LogP contribution is 2.02. The van der Waals surface area contributed by atoms with Gasteiger partial charge in [-0.3, -0.25) is 9.59 Å². The zero-order chi connectivity index (χ0) is 14.8. The van der Waals surface area contributed by atoms with Crippen LogP contribution in [0.3, 0.4) is 0 Å². The van der Waals surface area contributed by atoms with Crippen molar-refractivity contribution in [1.82, 2.24) is 10.6 Å². The van der Waals surface area contributed by atoms with Gasteiger partial charge >= 0.3 is 0 Å². The van der Waals surface area contributed by atoms with Crippen molar-refractivity contribution in [2.75, 3.05) is 13.1 Å². The van der Waals surface area contributed by atoms with Crippen molar-refractivity contribution in [3.63, 3.8) is 0 Å². The van der Waals surface area contributed by atoms with E-state index in [2.05, 4.69) is 24.5 Å². The minimum absolute atomic E-state index is 0.0426. The van der Waals surface area contributed by atoms with Crippen molar-refractivity contribution in [1.29, 1.82) is 0 Å². The van der Waals surface area contributed by atoms with Crippen LogP contribution in [0.15, 0.2) is 22.8 Å². The molecule has 0 bridgehead atoms. The Morgan fingerprint density at radius 1 is 1.20 bits per heavy atom. The Balaban J connectivity index is 2.00. The van der Waals surface area contributed by atoms with Crippen LogP contribution in [-0.4, -0.2) is 24.9 Å². The number of rotatable bonds is 9. The summed E-state index contributed by atoms with van der Waals surface area (Å²) in [5.41, 5.74) is 0. The molecule has 5 nitrogen and oxygen atoms in total. The van der Waals surface area contributed by atoms with E-state index >= 15 is 0 Å². The highest BCUT2D eigenvalue weighted by Gasteiger charge is 2.07. The van der Waals surface area contributed by atoms with Gasteiger partial charge in [-0.25, -0.2) is 0 Å². The minimum atomic E-state index is -0.243. The summed E-state index contributed by atoms with van der Waals surface area (Å²) >= 11 is 0. The van der Waals surface area contributed by atoms with Gasteiger partial charge in [-0.05, 0) is 37.3 Å². The van der Waals surface area contributed by atoms with Gasteiger partial charge in [-0.15, -0.1) is 0 Å². The average Bonchev–Trinajstić information content (AvgIpc) is 2.93. The zero-order valence-electron chi connectivity index (χ0n) is 12.3. The molecule has 0 spiro atoms. The van der Waals surface area contributed by atoms with Crippen LogP contribution in [0.5, 0.6) is 0 Å². The maximum absolute atomic E-state index is 11.5. The third-order valence-corrected chi connectivity index (χ3v) is 2.89. The van der Waals surface area contributed by atoms with Crippen molar-refractivity contribution in [3.8, 4) is 0 Å². The molecular weight excluding hydrogens is 256 g/mol. The second-order valence-electron chi connectivity index (χ2n) is 5.22. The molecule has 0 fully saturated rings. The molecule has 0 unspecified atom stereocenters. The Morgan fingerprint density at radius 2 is 1.95 bits per heavy atom. The van der Waals surface area contributed by atoms with Crippen LogP contribution in [0.4, 0.5) is 0 Å². The summed E-state index contributed by atoms with van der Waals surface area (Å²) in [6.07, 6.45) is 4.65. The number of furan rings is 1. The third-order valence-electron chi connectivity index (χ3n) is 2.89. The first-order valence-electron chi connectivity index (χ1n) is 7.18. The predicted octanol–water partition coefficient (Wildman–Crippen LogP) is 2.34. The van der Waals surface area contributed by atoms with Crippen LogP contribution < -0.4 is 10.6 Å². The summed E-state index contributed by atoms with van der Waals surface area (Å²) in [6, 6.07) is 3.27. The quantitative estimate of drug-likeness (QED) is 0.682. The molecule has 0 aliphatic rings. The van der Waals surface area contributed by atoms with Crippen molar-refractivity contribution in [3.05, 3.63) is 24.2 Å². The van der Waals surface area contributed by atoms with Crippen LogP contribution in [0.25, 0.3) is 0 Å². The molecule has 0 aromatic carbocycles. The highest BCUT2D eigenvalue weighted by molar-refractivity contribution is 5.91. The van der Waals surface area contributed by atoms with E-state index in [-0.39, 0.29) is 11.8 Å². The molecule has 112 valence electrons. The molecule has 5 heteroatoms. The van der Waals surface area contributed by atoms with Gasteiger partial charge in [0.1, 0.15) is 0 Å². The van der Waals surface area contributed by atoms with E-state index in [0.29, 0.717) is 31.1 Å². The third kappa shape index (κ3) is 6.97. The normalized spacial score (nSPS) is 10.6. The van der Waals surface area contributed by atoms with Crippen molar-refractivity contribution < 1.29 is 14.0 Å². The maximum Gasteiger partial charge on any atom is 0.286 e. The fraction of sp³-hybridized carbons (Fsp3) is 0.600. The number of carbonyl (C=O) groups is 2. The molecule has 2 N–H and O–H groups in total. The summed E-state index contributed by atoms with van der Waals surface area (Å²) < 4.78 is 4.97. The van der Waals surface area contributed by atoms with Crippen molar-refractivity contribution in [2.24, 2.45) is 5.92 Å². The SMILES string of the molecule is CC(C)CCCNC(=O)CCCNC(=O)c1ccco1. The molecule has 20 heavy (non-hydrogen) atoms. The summed E-state index contributed by atoms with van der Waals surface area (Å²) in [7, 11) is 0. The first-order chi connectivity index (χ1) is 9.59. The van der Waals surface area contributed by atoms with Gasteiger partial charge in [0.25, 0.3) is 5.91 Å². The van der Waals surface area contributed by atoms with Crippen LogP contribution in [0.1, 0.15) is 50.1 Å². The molecule has 2 amide bonds. The van der Waals surface area contributed by atoms with E-state index in [9.17, 15) is 9.59 Å². The van der Waals surface area contributed by atoms with Gasteiger partial charge in [-0.1, -0.05) is 13.8 Å². The fourth-order valence-electron chi connectivity index (χ4n) is 1.77. The van der Waals surface area contributed by atoms with E-state index in [1.54, 1.807) is 12.1 Å². The molecule has 1 rings (SSSR count). The molecule has 1 aromatic rings. The van der Waals surface area contributed by atoms with Gasteiger partial charge in [0.2, 0.25) is 5.91 Å². The lowest BCUT2D eigenvalue weighted by molar-refractivity contribution is -0.121. The van der Waals surface area contributed by atoms with Crippen LogP contribution in [0.2, 0.25) is 0 Å². The van der Waals surface area contributed by atoms with Crippen molar-refractivity contribution >= 4 is 11.8 Å². The Labute approximate surface area is 120 Å². The molecule has 0 aliphatic carbocycles. The Kier molecular flexibility index (Phi) is 7.47. The lowest BCUT2D eigenvalue weighted by Crippen LogP contribution is -2.27. The molecule has 1 aromatic heterocycles. The molecule has 0 saturated carbocycles. The van der Waals surface area contributed by atoms with E-state index in [1.807, 2.05) is 0 Å². The number of hydrogen-bond acceptors (Lipinski definition) is 3. The molecule has 0 aliphatic heterocycles. The predicted molar refractivity (Wildman–Crippen MR) is 77.4 cm³/mol. The van der Waals surface area contributed by atoms with Gasteiger partial charge in [-0.2, -0.15) is 0 Å². The Hall–Kier alpha value is -1.78. The molecule has 0 atom stereocenters. The van der Waals surface area contributed by atoms with Gasteiger partial charge in [0.05, 0.1) is 6.26 Å². The number of hydrogen-bond donors (Lipinski definition) is 2. The monoisotopic (exact) mass is 280 g/mol. The first kappa shape index (κ1) is 16.3. The van der Waals surface area contributed by atoms with Gasteiger partial charge in [0.15, 0.2) is 5.76 Å². The Bertz CT molecular complexity index is 399. The van der Waals surface area contributed by atoms with Crippen LogP contribution >= 0.6 is 0 Å². The molecular formula is C15H24N2O3. The highest BCUT2D eigenvalue weighted by atomic mass is 16.3. The molecule has 1 heterocycles. The second-order valence-corrected chi connectivity index (χ2v) is 5.22. The maximum atomic E-state index is 11.5. The summed E-state index contributed by atoms with van der Waals surface area (Å²) in [4.78, 5) is 23.0. The van der Waals surface area contributed by atoms with E-state index < -0.39 is 0 Å². The zero-order valence-corrected chi connectivity index (χ0v) is 12.3. The lowest BCUT2D eigenvalue weighted by Gasteiger charge is -2.07. The Morgan fingerprint density at radius 3 is 2.60 bits per heavy atom. The van der Waals surface area contributed by atoms with Gasteiger partial charge in [0, 0.05) is 19.5 Å². The number of amides is 2. The van der Waals surface area contributed by atoms with Crippen LogP contribution in [0, 0.1) is 5.92 Å². The molecule has 0 saturated heterocycles. The number of carbonyl (C=O) groups excluding carboxylic acids is 2. The van der Waals surface area contributed by atoms with E-state index in [4.69, 9.17) is 4.42 Å². The minimum Gasteiger partial charge on any atom is -0.459 e.